The molecule has 0 aliphatic carbocycles. The van der Waals surface area contributed by atoms with Gasteiger partial charge in [0.2, 0.25) is 0 Å². The van der Waals surface area contributed by atoms with Gasteiger partial charge in [0.15, 0.2) is 0 Å². The van der Waals surface area contributed by atoms with Crippen molar-refractivity contribution in [2.75, 3.05) is 0 Å². The van der Waals surface area contributed by atoms with E-state index in [0.29, 0.717) is 12.1 Å². The van der Waals surface area contributed by atoms with Crippen molar-refractivity contribution in [1.29, 1.82) is 0 Å². The van der Waals surface area contributed by atoms with Crippen LogP contribution in [-0.4, -0.2) is 29.5 Å². The molecule has 1 N–H and O–H groups in total. The van der Waals surface area contributed by atoms with Gasteiger partial charge in [0.1, 0.15) is 5.75 Å². The largest absolute Gasteiger partial charge is 0.478 e. The van der Waals surface area contributed by atoms with E-state index in [1.165, 1.54) is 0 Å². The SMILES string of the molecule is O=C(O)c1ccc(OC(F)(F)[C@@H](F)C(F)(F)F)cc1. The number of benzene rings is 1. The Hall–Kier alpha value is -1.93. The maximum absolute atomic E-state index is 12.8. The topological polar surface area (TPSA) is 46.5 Å². The zero-order chi connectivity index (χ0) is 14.8. The van der Waals surface area contributed by atoms with Crippen molar-refractivity contribution in [2.45, 2.75) is 18.5 Å². The summed E-state index contributed by atoms with van der Waals surface area (Å²) >= 11 is 0. The van der Waals surface area contributed by atoms with Gasteiger partial charge in [-0.25, -0.2) is 9.18 Å². The zero-order valence-electron chi connectivity index (χ0n) is 8.92. The molecule has 3 nitrogen and oxygen atoms in total. The van der Waals surface area contributed by atoms with Crippen LogP contribution in [0.3, 0.4) is 0 Å². The monoisotopic (exact) mass is 288 g/mol. The van der Waals surface area contributed by atoms with Crippen molar-refractivity contribution < 1.29 is 41.0 Å². The summed E-state index contributed by atoms with van der Waals surface area (Å²) in [7, 11) is 0. The van der Waals surface area contributed by atoms with E-state index in [-0.39, 0.29) is 5.56 Å². The number of alkyl halides is 6. The van der Waals surface area contributed by atoms with Crippen molar-refractivity contribution >= 4 is 5.97 Å². The summed E-state index contributed by atoms with van der Waals surface area (Å²) in [5.74, 6) is -2.15. The highest BCUT2D eigenvalue weighted by Crippen LogP contribution is 2.36. The predicted octanol–water partition coefficient (Wildman–Crippen LogP) is 3.26. The van der Waals surface area contributed by atoms with E-state index in [0.717, 1.165) is 12.1 Å². The van der Waals surface area contributed by atoms with Crippen molar-refractivity contribution in [3.05, 3.63) is 29.8 Å². The molecule has 106 valence electrons. The number of halogens is 6. The second-order valence-corrected chi connectivity index (χ2v) is 3.40. The fraction of sp³-hybridized carbons (Fsp3) is 0.300. The average Bonchev–Trinajstić information content (AvgIpc) is 2.27. The molecule has 0 bridgehead atoms. The summed E-state index contributed by atoms with van der Waals surface area (Å²) in [5, 5.41) is 8.51. The molecule has 0 saturated carbocycles. The van der Waals surface area contributed by atoms with Crippen LogP contribution in [0, 0.1) is 0 Å². The van der Waals surface area contributed by atoms with Crippen molar-refractivity contribution in [2.24, 2.45) is 0 Å². The van der Waals surface area contributed by atoms with Gasteiger partial charge in [0.25, 0.3) is 6.17 Å². The minimum absolute atomic E-state index is 0.289. The first kappa shape index (κ1) is 15.1. The summed E-state index contributed by atoms with van der Waals surface area (Å²) in [5.41, 5.74) is -0.289. The highest BCUT2D eigenvalue weighted by molar-refractivity contribution is 5.87. The summed E-state index contributed by atoms with van der Waals surface area (Å²) in [6.07, 6.45) is -15.4. The third-order valence-electron chi connectivity index (χ3n) is 1.94. The molecule has 0 aliphatic heterocycles. The summed E-state index contributed by atoms with van der Waals surface area (Å²) < 4.78 is 77.2. The lowest BCUT2D eigenvalue weighted by Gasteiger charge is -2.23. The molecule has 9 heteroatoms. The lowest BCUT2D eigenvalue weighted by molar-refractivity contribution is -0.304. The van der Waals surface area contributed by atoms with Gasteiger partial charge in [-0.05, 0) is 24.3 Å². The molecular weight excluding hydrogens is 282 g/mol. The molecule has 0 unspecified atom stereocenters. The Morgan fingerprint density at radius 3 is 1.95 bits per heavy atom. The lowest BCUT2D eigenvalue weighted by atomic mass is 10.2. The van der Waals surface area contributed by atoms with Crippen LogP contribution in [-0.2, 0) is 0 Å². The van der Waals surface area contributed by atoms with Crippen LogP contribution in [0.4, 0.5) is 26.3 Å². The van der Waals surface area contributed by atoms with Gasteiger partial charge in [0.05, 0.1) is 5.56 Å². The summed E-state index contributed by atoms with van der Waals surface area (Å²) in [6.45, 7) is 0. The fourth-order valence-corrected chi connectivity index (χ4v) is 1.06. The van der Waals surface area contributed by atoms with Crippen LogP contribution in [0.5, 0.6) is 5.75 Å². The quantitative estimate of drug-likeness (QED) is 0.865. The third-order valence-corrected chi connectivity index (χ3v) is 1.94. The second-order valence-electron chi connectivity index (χ2n) is 3.40. The molecule has 0 aromatic heterocycles. The molecular formula is C10H6F6O3. The summed E-state index contributed by atoms with van der Waals surface area (Å²) in [6, 6.07) is 3.05. The highest BCUT2D eigenvalue weighted by Gasteiger charge is 2.59. The Labute approximate surface area is 102 Å². The van der Waals surface area contributed by atoms with Crippen molar-refractivity contribution in [3.63, 3.8) is 0 Å². The van der Waals surface area contributed by atoms with Gasteiger partial charge >= 0.3 is 18.3 Å². The Balaban J connectivity index is 2.86. The molecule has 1 aromatic rings. The Kier molecular flexibility index (Phi) is 3.97. The lowest BCUT2D eigenvalue weighted by Crippen LogP contribution is -2.45. The van der Waals surface area contributed by atoms with E-state index >= 15 is 0 Å². The third kappa shape index (κ3) is 3.76. The number of aromatic carboxylic acids is 1. The van der Waals surface area contributed by atoms with Gasteiger partial charge in [0, 0.05) is 0 Å². The van der Waals surface area contributed by atoms with Gasteiger partial charge < -0.3 is 9.84 Å². The average molecular weight is 288 g/mol. The summed E-state index contributed by atoms with van der Waals surface area (Å²) in [4.78, 5) is 10.4. The first-order chi connectivity index (χ1) is 8.54. The number of carboxylic acid groups (broad SMARTS) is 1. The van der Waals surface area contributed by atoms with Gasteiger partial charge in [-0.3, -0.25) is 0 Å². The van der Waals surface area contributed by atoms with Crippen LogP contribution in [0.2, 0.25) is 0 Å². The smallest absolute Gasteiger partial charge is 0.439 e. The zero-order valence-corrected chi connectivity index (χ0v) is 8.92. The Bertz CT molecular complexity index is 453. The number of carboxylic acids is 1. The Morgan fingerprint density at radius 2 is 1.58 bits per heavy atom. The highest BCUT2D eigenvalue weighted by atomic mass is 19.4. The van der Waals surface area contributed by atoms with Crippen LogP contribution >= 0.6 is 0 Å². The first-order valence-electron chi connectivity index (χ1n) is 4.65. The minimum Gasteiger partial charge on any atom is -0.478 e. The van der Waals surface area contributed by atoms with Crippen molar-refractivity contribution in [3.8, 4) is 5.75 Å². The van der Waals surface area contributed by atoms with Crippen LogP contribution in [0.15, 0.2) is 24.3 Å². The first-order valence-corrected chi connectivity index (χ1v) is 4.65. The van der Waals surface area contributed by atoms with E-state index in [1.807, 2.05) is 0 Å². The molecule has 0 fully saturated rings. The predicted molar refractivity (Wildman–Crippen MR) is 49.9 cm³/mol. The molecule has 1 rings (SSSR count). The maximum atomic E-state index is 12.8. The Morgan fingerprint density at radius 1 is 1.11 bits per heavy atom. The molecule has 19 heavy (non-hydrogen) atoms. The van der Waals surface area contributed by atoms with E-state index in [1.54, 1.807) is 0 Å². The maximum Gasteiger partial charge on any atom is 0.439 e. The normalized spacial score (nSPS) is 14.0. The molecule has 0 heterocycles. The minimum atomic E-state index is -5.77. The van der Waals surface area contributed by atoms with Crippen LogP contribution in [0.1, 0.15) is 10.4 Å². The van der Waals surface area contributed by atoms with Crippen LogP contribution in [0.25, 0.3) is 0 Å². The van der Waals surface area contributed by atoms with Crippen molar-refractivity contribution in [1.82, 2.24) is 0 Å². The van der Waals surface area contributed by atoms with E-state index in [4.69, 9.17) is 5.11 Å². The molecule has 0 saturated heterocycles. The number of ether oxygens (including phenoxy) is 1. The molecule has 0 radical (unpaired) electrons. The molecule has 0 aliphatic rings. The fourth-order valence-electron chi connectivity index (χ4n) is 1.06. The second kappa shape index (κ2) is 4.98. The standard InChI is InChI=1S/C10H6F6O3/c11-8(9(12,13)14)10(15,16)19-6-3-1-5(2-4-6)7(17)18/h1-4,8H,(H,17,18)/t8-/m0/s1. The number of carbonyl (C=O) groups is 1. The number of hydrogen-bond donors (Lipinski definition) is 1. The van der Waals surface area contributed by atoms with Crippen LogP contribution < -0.4 is 4.74 Å². The van der Waals surface area contributed by atoms with Gasteiger partial charge in [-0.15, -0.1) is 0 Å². The molecule has 0 amide bonds. The number of hydrogen-bond acceptors (Lipinski definition) is 2. The van der Waals surface area contributed by atoms with E-state index in [2.05, 4.69) is 4.74 Å². The van der Waals surface area contributed by atoms with E-state index < -0.39 is 30.2 Å². The molecule has 0 spiro atoms. The van der Waals surface area contributed by atoms with Gasteiger partial charge in [-0.2, -0.15) is 22.0 Å². The number of rotatable bonds is 4. The van der Waals surface area contributed by atoms with E-state index in [9.17, 15) is 31.1 Å². The molecule has 1 aromatic carbocycles. The van der Waals surface area contributed by atoms with Gasteiger partial charge in [-0.1, -0.05) is 0 Å². The molecule has 1 atom stereocenters.